The molecule has 9 heteroatoms. The summed E-state index contributed by atoms with van der Waals surface area (Å²) in [6, 6.07) is 6.94. The molecule has 2 aromatic heterocycles. The van der Waals surface area contributed by atoms with Crippen LogP contribution in [0.5, 0.6) is 0 Å². The van der Waals surface area contributed by atoms with Crippen molar-refractivity contribution >= 4 is 32.7 Å². The summed E-state index contributed by atoms with van der Waals surface area (Å²) in [4.78, 5) is 18.4. The number of carbonyl (C=O) groups is 1. The van der Waals surface area contributed by atoms with Crippen LogP contribution < -0.4 is 5.32 Å². The zero-order valence-electron chi connectivity index (χ0n) is 19.3. The Kier molecular flexibility index (Phi) is 5.49. The number of aryl methyl sites for hydroxylation is 3. The molecular weight excluding hydrogens is 438 g/mol. The Balaban J connectivity index is 1.50. The van der Waals surface area contributed by atoms with E-state index in [2.05, 4.69) is 10.4 Å². The first-order valence-corrected chi connectivity index (χ1v) is 13.0. The molecule has 0 unspecified atom stereocenters. The van der Waals surface area contributed by atoms with Gasteiger partial charge in [0.15, 0.2) is 5.65 Å². The molecule has 33 heavy (non-hydrogen) atoms. The second-order valence-corrected chi connectivity index (χ2v) is 11.1. The number of piperidine rings is 1. The number of fused-ring (bicyclic) bond motifs is 1. The molecule has 1 saturated carbocycles. The van der Waals surface area contributed by atoms with Crippen LogP contribution in [0.15, 0.2) is 29.2 Å². The van der Waals surface area contributed by atoms with Crippen molar-refractivity contribution in [2.75, 3.05) is 18.4 Å². The summed E-state index contributed by atoms with van der Waals surface area (Å²) >= 11 is 0. The Labute approximate surface area is 194 Å². The lowest BCUT2D eigenvalue weighted by atomic mass is 10.1. The summed E-state index contributed by atoms with van der Waals surface area (Å²) in [6.07, 6.45) is 4.96. The molecule has 2 fully saturated rings. The van der Waals surface area contributed by atoms with Crippen molar-refractivity contribution in [1.82, 2.24) is 19.1 Å². The average Bonchev–Trinajstić information content (AvgIpc) is 3.61. The Morgan fingerprint density at radius 2 is 1.82 bits per heavy atom. The highest BCUT2D eigenvalue weighted by Gasteiger charge is 2.30. The van der Waals surface area contributed by atoms with Gasteiger partial charge in [0, 0.05) is 37.4 Å². The molecule has 2 aliphatic rings. The van der Waals surface area contributed by atoms with E-state index < -0.39 is 10.0 Å². The van der Waals surface area contributed by atoms with Crippen molar-refractivity contribution < 1.29 is 13.2 Å². The summed E-state index contributed by atoms with van der Waals surface area (Å²) < 4.78 is 29.8. The maximum absolute atomic E-state index is 13.4. The smallest absolute Gasteiger partial charge is 0.256 e. The number of nitrogens with one attached hydrogen (secondary N) is 1. The first kappa shape index (κ1) is 22.0. The number of carbonyl (C=O) groups excluding carboxylic acids is 1. The van der Waals surface area contributed by atoms with Gasteiger partial charge < -0.3 is 5.32 Å². The predicted octanol–water partition coefficient (Wildman–Crippen LogP) is 3.89. The van der Waals surface area contributed by atoms with E-state index in [4.69, 9.17) is 4.98 Å². The number of hydrogen-bond acceptors (Lipinski definition) is 5. The van der Waals surface area contributed by atoms with Crippen LogP contribution in [0.2, 0.25) is 0 Å². The average molecular weight is 468 g/mol. The maximum atomic E-state index is 13.4. The van der Waals surface area contributed by atoms with Gasteiger partial charge in [0.05, 0.1) is 21.5 Å². The van der Waals surface area contributed by atoms with Crippen LogP contribution in [0.3, 0.4) is 0 Å². The minimum absolute atomic E-state index is 0.248. The molecular formula is C24H29N5O3S. The van der Waals surface area contributed by atoms with Crippen molar-refractivity contribution in [3.8, 4) is 0 Å². The van der Waals surface area contributed by atoms with Crippen molar-refractivity contribution in [1.29, 1.82) is 0 Å². The number of hydrogen-bond donors (Lipinski definition) is 1. The van der Waals surface area contributed by atoms with Crippen molar-refractivity contribution in [2.24, 2.45) is 7.05 Å². The van der Waals surface area contributed by atoms with Gasteiger partial charge in [-0.3, -0.25) is 9.48 Å². The molecule has 1 aromatic carbocycles. The molecule has 1 saturated heterocycles. The van der Waals surface area contributed by atoms with Gasteiger partial charge in [0.2, 0.25) is 10.0 Å². The highest BCUT2D eigenvalue weighted by atomic mass is 32.2. The van der Waals surface area contributed by atoms with Crippen LogP contribution >= 0.6 is 0 Å². The second kappa shape index (κ2) is 8.22. The van der Waals surface area contributed by atoms with E-state index in [1.807, 2.05) is 20.0 Å². The van der Waals surface area contributed by atoms with Crippen molar-refractivity contribution in [3.63, 3.8) is 0 Å². The molecule has 1 amide bonds. The number of sulfonamides is 1. The fraction of sp³-hybridized carbons (Fsp3) is 0.458. The Morgan fingerprint density at radius 1 is 1.09 bits per heavy atom. The molecule has 0 bridgehead atoms. The Morgan fingerprint density at radius 3 is 2.52 bits per heavy atom. The largest absolute Gasteiger partial charge is 0.322 e. The molecule has 0 atom stereocenters. The zero-order valence-corrected chi connectivity index (χ0v) is 20.1. The summed E-state index contributed by atoms with van der Waals surface area (Å²) in [5.74, 6) is 0.0994. The van der Waals surface area contributed by atoms with Crippen LogP contribution in [-0.2, 0) is 17.1 Å². The van der Waals surface area contributed by atoms with Gasteiger partial charge in [0.1, 0.15) is 0 Å². The topological polar surface area (TPSA) is 97.2 Å². The zero-order chi connectivity index (χ0) is 23.3. The van der Waals surface area contributed by atoms with Crippen LogP contribution in [0, 0.1) is 13.8 Å². The Bertz CT molecular complexity index is 1350. The molecule has 8 nitrogen and oxygen atoms in total. The first-order valence-electron chi connectivity index (χ1n) is 11.5. The molecule has 5 rings (SSSR count). The number of aromatic nitrogens is 3. The van der Waals surface area contributed by atoms with E-state index in [-0.39, 0.29) is 10.8 Å². The highest BCUT2D eigenvalue weighted by molar-refractivity contribution is 7.89. The number of amides is 1. The third-order valence-electron chi connectivity index (χ3n) is 6.61. The Hall–Kier alpha value is -2.78. The molecule has 1 N–H and O–H groups in total. The lowest BCUT2D eigenvalue weighted by Crippen LogP contribution is -2.36. The van der Waals surface area contributed by atoms with Crippen molar-refractivity contribution in [2.45, 2.75) is 56.8 Å². The molecule has 1 aliphatic heterocycles. The van der Waals surface area contributed by atoms with E-state index in [9.17, 15) is 13.2 Å². The van der Waals surface area contributed by atoms with Gasteiger partial charge in [-0.1, -0.05) is 12.5 Å². The third-order valence-corrected chi connectivity index (χ3v) is 8.65. The lowest BCUT2D eigenvalue weighted by Gasteiger charge is -2.26. The minimum atomic E-state index is -3.60. The van der Waals surface area contributed by atoms with E-state index in [1.54, 1.807) is 34.1 Å². The van der Waals surface area contributed by atoms with E-state index >= 15 is 0 Å². The van der Waals surface area contributed by atoms with Gasteiger partial charge in [0.25, 0.3) is 5.91 Å². The molecule has 0 spiro atoms. The number of anilines is 1. The van der Waals surface area contributed by atoms with Gasteiger partial charge in [-0.2, -0.15) is 9.40 Å². The summed E-state index contributed by atoms with van der Waals surface area (Å²) in [6.45, 7) is 4.73. The summed E-state index contributed by atoms with van der Waals surface area (Å²) in [5, 5.41) is 8.12. The van der Waals surface area contributed by atoms with Gasteiger partial charge >= 0.3 is 0 Å². The number of nitrogens with zero attached hydrogens (tertiary/aromatic N) is 4. The molecule has 0 radical (unpaired) electrons. The van der Waals surface area contributed by atoms with Crippen LogP contribution in [0.4, 0.5) is 5.69 Å². The minimum Gasteiger partial charge on any atom is -0.322 e. The molecule has 3 heterocycles. The third kappa shape index (κ3) is 4.04. The normalized spacial score (nSPS) is 17.4. The number of rotatable bonds is 5. The number of benzene rings is 1. The summed E-state index contributed by atoms with van der Waals surface area (Å²) in [5.41, 5.74) is 4.00. The molecule has 174 valence electrons. The first-order chi connectivity index (χ1) is 15.8. The van der Waals surface area contributed by atoms with Crippen LogP contribution in [0.1, 0.15) is 65.3 Å². The SMILES string of the molecule is Cc1ccc(NC(=O)c2cc(C3CC3)nc3c2c(C)nn3C)cc1S(=O)(=O)N1CCCCC1. The van der Waals surface area contributed by atoms with Crippen LogP contribution in [0.25, 0.3) is 11.0 Å². The van der Waals surface area contributed by atoms with Gasteiger partial charge in [-0.25, -0.2) is 13.4 Å². The number of pyridine rings is 1. The second-order valence-electron chi connectivity index (χ2n) is 9.18. The van der Waals surface area contributed by atoms with E-state index in [0.29, 0.717) is 41.5 Å². The molecule has 1 aliphatic carbocycles. The van der Waals surface area contributed by atoms with Crippen LogP contribution in [-0.4, -0.2) is 46.5 Å². The quantitative estimate of drug-likeness (QED) is 0.614. The fourth-order valence-electron chi connectivity index (χ4n) is 4.63. The fourth-order valence-corrected chi connectivity index (χ4v) is 6.40. The van der Waals surface area contributed by atoms with Crippen molar-refractivity contribution in [3.05, 3.63) is 46.8 Å². The standard InChI is InChI=1S/C24H29N5O3S/c1-15-7-10-18(13-21(15)33(31,32)29-11-5-4-6-12-29)25-24(30)19-14-20(17-8-9-17)26-23-22(19)16(2)27-28(23)3/h7,10,13-14,17H,4-6,8-9,11-12H2,1-3H3,(H,25,30). The molecule has 3 aromatic rings. The highest BCUT2D eigenvalue weighted by Crippen LogP contribution is 2.40. The lowest BCUT2D eigenvalue weighted by molar-refractivity contribution is 0.102. The summed E-state index contributed by atoms with van der Waals surface area (Å²) in [7, 11) is -1.77. The predicted molar refractivity (Wildman–Crippen MR) is 127 cm³/mol. The van der Waals surface area contributed by atoms with Gasteiger partial charge in [-0.05, 0) is 63.3 Å². The van der Waals surface area contributed by atoms with E-state index in [0.717, 1.165) is 48.9 Å². The maximum Gasteiger partial charge on any atom is 0.256 e. The van der Waals surface area contributed by atoms with Gasteiger partial charge in [-0.15, -0.1) is 0 Å². The monoisotopic (exact) mass is 467 g/mol. The van der Waals surface area contributed by atoms with E-state index in [1.165, 1.54) is 0 Å².